The van der Waals surface area contributed by atoms with Gasteiger partial charge in [0.25, 0.3) is 0 Å². The van der Waals surface area contributed by atoms with Gasteiger partial charge in [0.15, 0.2) is 0 Å². The van der Waals surface area contributed by atoms with E-state index in [2.05, 4.69) is 39.8 Å². The minimum Gasteiger partial charge on any atom is -0.0851 e. The van der Waals surface area contributed by atoms with E-state index in [9.17, 15) is 0 Å². The molecule has 0 nitrogen and oxygen atoms in total. The summed E-state index contributed by atoms with van der Waals surface area (Å²) in [7, 11) is 0. The molecule has 0 aromatic carbocycles. The first kappa shape index (κ1) is 9.83. The Hall–Kier alpha value is -0.260. The topological polar surface area (TPSA) is 0 Å². The van der Waals surface area contributed by atoms with Crippen molar-refractivity contribution in [3.63, 3.8) is 0 Å². The maximum atomic E-state index is 2.41. The van der Waals surface area contributed by atoms with Crippen molar-refractivity contribution in [3.8, 4) is 0 Å². The fraction of sp³-hybridized carbons (Fsp3) is 0.833. The highest BCUT2D eigenvalue weighted by atomic mass is 14.3. The molecular formula is C12H22. The minimum atomic E-state index is 0.802. The predicted octanol–water partition coefficient (Wildman–Crippen LogP) is 3.88. The summed E-state index contributed by atoms with van der Waals surface area (Å²) in [6, 6.07) is 0. The molecule has 12 heavy (non-hydrogen) atoms. The molecule has 4 atom stereocenters. The van der Waals surface area contributed by atoms with Crippen molar-refractivity contribution in [2.45, 2.75) is 40.5 Å². The average Bonchev–Trinajstić information content (AvgIpc) is 2.08. The Kier molecular flexibility index (Phi) is 3.37. The van der Waals surface area contributed by atoms with Crippen LogP contribution < -0.4 is 0 Å². The molecule has 0 fully saturated rings. The molecule has 1 aliphatic rings. The van der Waals surface area contributed by atoms with Crippen molar-refractivity contribution in [3.05, 3.63) is 12.2 Å². The molecule has 0 bridgehead atoms. The second-order valence-corrected chi connectivity index (χ2v) is 4.25. The standard InChI is InChI=1S/C12H22/c1-5-11-9(3)7-8-10(4)12(11)6-2/h7-12H,5-6H2,1-4H3. The zero-order valence-corrected chi connectivity index (χ0v) is 8.88. The summed E-state index contributed by atoms with van der Waals surface area (Å²) in [5, 5.41) is 0. The first-order valence-corrected chi connectivity index (χ1v) is 5.39. The van der Waals surface area contributed by atoms with Crippen LogP contribution in [0.2, 0.25) is 0 Å². The Morgan fingerprint density at radius 3 is 1.42 bits per heavy atom. The third-order valence-electron chi connectivity index (χ3n) is 3.56. The second-order valence-electron chi connectivity index (χ2n) is 4.25. The summed E-state index contributed by atoms with van der Waals surface area (Å²) in [6.07, 6.45) is 7.50. The summed E-state index contributed by atoms with van der Waals surface area (Å²) in [5.41, 5.74) is 0. The molecule has 1 rings (SSSR count). The first-order chi connectivity index (χ1) is 5.70. The highest BCUT2D eigenvalue weighted by Gasteiger charge is 2.29. The first-order valence-electron chi connectivity index (χ1n) is 5.39. The van der Waals surface area contributed by atoms with Gasteiger partial charge in [-0.2, -0.15) is 0 Å². The molecule has 0 N–H and O–H groups in total. The lowest BCUT2D eigenvalue weighted by molar-refractivity contribution is 0.197. The van der Waals surface area contributed by atoms with Crippen LogP contribution in [0.25, 0.3) is 0 Å². The van der Waals surface area contributed by atoms with Crippen molar-refractivity contribution >= 4 is 0 Å². The van der Waals surface area contributed by atoms with Crippen LogP contribution in [0.15, 0.2) is 12.2 Å². The Morgan fingerprint density at radius 2 is 1.17 bits per heavy atom. The quantitative estimate of drug-likeness (QED) is 0.546. The van der Waals surface area contributed by atoms with Crippen molar-refractivity contribution in [2.24, 2.45) is 23.7 Å². The normalized spacial score (nSPS) is 41.7. The number of hydrogen-bond donors (Lipinski definition) is 0. The molecule has 0 heterocycles. The molecule has 70 valence electrons. The predicted molar refractivity (Wildman–Crippen MR) is 55.0 cm³/mol. The maximum absolute atomic E-state index is 2.41. The Labute approximate surface area is 77.1 Å². The summed E-state index contributed by atoms with van der Waals surface area (Å²) in [6.45, 7) is 9.38. The Balaban J connectivity index is 2.73. The van der Waals surface area contributed by atoms with Gasteiger partial charge >= 0.3 is 0 Å². The van der Waals surface area contributed by atoms with Gasteiger partial charge in [-0.15, -0.1) is 0 Å². The van der Waals surface area contributed by atoms with E-state index in [1.807, 2.05) is 0 Å². The van der Waals surface area contributed by atoms with Crippen molar-refractivity contribution in [2.75, 3.05) is 0 Å². The van der Waals surface area contributed by atoms with Gasteiger partial charge < -0.3 is 0 Å². The zero-order chi connectivity index (χ0) is 9.14. The molecule has 0 aromatic heterocycles. The lowest BCUT2D eigenvalue weighted by Crippen LogP contribution is -2.28. The van der Waals surface area contributed by atoms with E-state index in [1.54, 1.807) is 0 Å². The Bertz CT molecular complexity index is 139. The molecule has 0 radical (unpaired) electrons. The van der Waals surface area contributed by atoms with E-state index in [0.717, 1.165) is 23.7 Å². The van der Waals surface area contributed by atoms with Crippen LogP contribution in [0.3, 0.4) is 0 Å². The van der Waals surface area contributed by atoms with E-state index in [4.69, 9.17) is 0 Å². The molecule has 0 amide bonds. The maximum Gasteiger partial charge on any atom is -0.0231 e. The van der Waals surface area contributed by atoms with Gasteiger partial charge in [-0.3, -0.25) is 0 Å². The van der Waals surface area contributed by atoms with Crippen LogP contribution in [0, 0.1) is 23.7 Å². The van der Waals surface area contributed by atoms with Gasteiger partial charge in [-0.1, -0.05) is 52.7 Å². The molecule has 4 unspecified atom stereocenters. The van der Waals surface area contributed by atoms with E-state index in [1.165, 1.54) is 12.8 Å². The van der Waals surface area contributed by atoms with Gasteiger partial charge in [0.2, 0.25) is 0 Å². The molecule has 1 aliphatic carbocycles. The zero-order valence-electron chi connectivity index (χ0n) is 8.88. The summed E-state index contributed by atoms with van der Waals surface area (Å²) in [4.78, 5) is 0. The summed E-state index contributed by atoms with van der Waals surface area (Å²) < 4.78 is 0. The molecule has 0 aromatic rings. The molecule has 0 spiro atoms. The van der Waals surface area contributed by atoms with Crippen LogP contribution in [-0.4, -0.2) is 0 Å². The lowest BCUT2D eigenvalue weighted by Gasteiger charge is -2.36. The van der Waals surface area contributed by atoms with Crippen LogP contribution in [0.5, 0.6) is 0 Å². The summed E-state index contributed by atoms with van der Waals surface area (Å²) in [5.74, 6) is 3.46. The monoisotopic (exact) mass is 166 g/mol. The van der Waals surface area contributed by atoms with E-state index >= 15 is 0 Å². The van der Waals surface area contributed by atoms with Gasteiger partial charge in [-0.25, -0.2) is 0 Å². The number of rotatable bonds is 2. The van der Waals surface area contributed by atoms with E-state index in [0.29, 0.717) is 0 Å². The van der Waals surface area contributed by atoms with E-state index in [-0.39, 0.29) is 0 Å². The van der Waals surface area contributed by atoms with Crippen LogP contribution in [0.1, 0.15) is 40.5 Å². The lowest BCUT2D eigenvalue weighted by atomic mass is 9.69. The van der Waals surface area contributed by atoms with Crippen LogP contribution in [-0.2, 0) is 0 Å². The van der Waals surface area contributed by atoms with Crippen LogP contribution >= 0.6 is 0 Å². The molecular weight excluding hydrogens is 144 g/mol. The smallest absolute Gasteiger partial charge is 0.0231 e. The van der Waals surface area contributed by atoms with Gasteiger partial charge in [0.05, 0.1) is 0 Å². The molecule has 0 saturated heterocycles. The SMILES string of the molecule is CCC1C(C)C=CC(C)C1CC. The number of allylic oxidation sites excluding steroid dienone is 2. The average molecular weight is 166 g/mol. The largest absolute Gasteiger partial charge is 0.0851 e. The molecule has 0 aliphatic heterocycles. The molecule has 0 saturated carbocycles. The highest BCUT2D eigenvalue weighted by molar-refractivity contribution is 5.01. The van der Waals surface area contributed by atoms with E-state index < -0.39 is 0 Å². The van der Waals surface area contributed by atoms with Crippen LogP contribution in [0.4, 0.5) is 0 Å². The number of hydrogen-bond acceptors (Lipinski definition) is 0. The minimum absolute atomic E-state index is 0.802. The highest BCUT2D eigenvalue weighted by Crippen LogP contribution is 2.37. The third kappa shape index (κ3) is 1.73. The van der Waals surface area contributed by atoms with Crippen molar-refractivity contribution < 1.29 is 0 Å². The fourth-order valence-corrected chi connectivity index (χ4v) is 2.76. The molecule has 0 heteroatoms. The van der Waals surface area contributed by atoms with Gasteiger partial charge in [0.1, 0.15) is 0 Å². The Morgan fingerprint density at radius 1 is 0.833 bits per heavy atom. The van der Waals surface area contributed by atoms with Gasteiger partial charge in [0, 0.05) is 0 Å². The van der Waals surface area contributed by atoms with Crippen molar-refractivity contribution in [1.29, 1.82) is 0 Å². The third-order valence-corrected chi connectivity index (χ3v) is 3.56. The van der Waals surface area contributed by atoms with Gasteiger partial charge in [-0.05, 0) is 23.7 Å². The fourth-order valence-electron chi connectivity index (χ4n) is 2.76. The summed E-state index contributed by atoms with van der Waals surface area (Å²) >= 11 is 0. The van der Waals surface area contributed by atoms with Crippen molar-refractivity contribution in [1.82, 2.24) is 0 Å². The second kappa shape index (κ2) is 4.11.